The summed E-state index contributed by atoms with van der Waals surface area (Å²) in [6.45, 7) is 2.30. The van der Waals surface area contributed by atoms with Crippen LogP contribution in [-0.2, 0) is 10.0 Å². The average Bonchev–Trinajstić information content (AvgIpc) is 2.55. The molecule has 0 bridgehead atoms. The summed E-state index contributed by atoms with van der Waals surface area (Å²) < 4.78 is 27.3. The zero-order chi connectivity index (χ0) is 16.7. The highest BCUT2D eigenvalue weighted by atomic mass is 32.2. The molecule has 0 radical (unpaired) electrons. The molecule has 2 aromatic carbocycles. The van der Waals surface area contributed by atoms with E-state index in [1.54, 1.807) is 18.2 Å². The van der Waals surface area contributed by atoms with Gasteiger partial charge in [0.15, 0.2) is 0 Å². The first-order valence-electron chi connectivity index (χ1n) is 7.75. The van der Waals surface area contributed by atoms with E-state index in [9.17, 15) is 13.5 Å². The number of hydrogen-bond donors (Lipinski definition) is 2. The molecule has 124 valence electrons. The van der Waals surface area contributed by atoms with Crippen molar-refractivity contribution in [2.75, 3.05) is 13.2 Å². The minimum Gasteiger partial charge on any atom is -0.396 e. The summed E-state index contributed by atoms with van der Waals surface area (Å²) in [4.78, 5) is 0.288. The summed E-state index contributed by atoms with van der Waals surface area (Å²) in [7, 11) is -3.49. The van der Waals surface area contributed by atoms with Gasteiger partial charge in [0.25, 0.3) is 0 Å². The molecule has 0 spiro atoms. The largest absolute Gasteiger partial charge is 0.396 e. The van der Waals surface area contributed by atoms with E-state index < -0.39 is 10.0 Å². The van der Waals surface area contributed by atoms with Crippen molar-refractivity contribution in [3.63, 3.8) is 0 Å². The molecule has 0 amide bonds. The molecule has 2 aromatic rings. The molecule has 23 heavy (non-hydrogen) atoms. The molecule has 0 aliphatic rings. The highest BCUT2D eigenvalue weighted by molar-refractivity contribution is 7.89. The van der Waals surface area contributed by atoms with Crippen molar-refractivity contribution in [2.24, 2.45) is 0 Å². The van der Waals surface area contributed by atoms with E-state index in [4.69, 9.17) is 0 Å². The second-order valence-electron chi connectivity index (χ2n) is 5.62. The van der Waals surface area contributed by atoms with Gasteiger partial charge in [0.1, 0.15) is 0 Å². The lowest BCUT2D eigenvalue weighted by atomic mass is 9.93. The van der Waals surface area contributed by atoms with Crippen molar-refractivity contribution in [2.45, 2.75) is 30.6 Å². The highest BCUT2D eigenvalue weighted by Crippen LogP contribution is 2.22. The number of benzene rings is 2. The second kappa shape index (κ2) is 8.24. The lowest BCUT2D eigenvalue weighted by Crippen LogP contribution is -2.26. The van der Waals surface area contributed by atoms with Crippen LogP contribution < -0.4 is 4.72 Å². The van der Waals surface area contributed by atoms with Crippen molar-refractivity contribution in [1.29, 1.82) is 0 Å². The summed E-state index contributed by atoms with van der Waals surface area (Å²) in [5.41, 5.74) is 2.03. The molecule has 0 aliphatic carbocycles. The highest BCUT2D eigenvalue weighted by Gasteiger charge is 2.16. The minimum atomic E-state index is -3.49. The molecule has 4 nitrogen and oxygen atoms in total. The lowest BCUT2D eigenvalue weighted by molar-refractivity contribution is 0.273. The van der Waals surface area contributed by atoms with E-state index in [1.807, 2.05) is 43.3 Å². The topological polar surface area (TPSA) is 66.4 Å². The van der Waals surface area contributed by atoms with Crippen LogP contribution in [0, 0.1) is 6.92 Å². The fourth-order valence-electron chi connectivity index (χ4n) is 2.59. The second-order valence-corrected chi connectivity index (χ2v) is 7.39. The maximum atomic E-state index is 12.3. The Morgan fingerprint density at radius 2 is 1.78 bits per heavy atom. The Morgan fingerprint density at radius 3 is 2.43 bits per heavy atom. The van der Waals surface area contributed by atoms with Crippen LogP contribution in [0.4, 0.5) is 0 Å². The summed E-state index contributed by atoms with van der Waals surface area (Å²) >= 11 is 0. The minimum absolute atomic E-state index is 0.0875. The van der Waals surface area contributed by atoms with Crippen LogP contribution in [0.5, 0.6) is 0 Å². The van der Waals surface area contributed by atoms with Gasteiger partial charge >= 0.3 is 0 Å². The van der Waals surface area contributed by atoms with E-state index in [1.165, 1.54) is 0 Å². The molecule has 2 N–H and O–H groups in total. The van der Waals surface area contributed by atoms with Crippen LogP contribution >= 0.6 is 0 Å². The van der Waals surface area contributed by atoms with Crippen LogP contribution in [0.15, 0.2) is 59.5 Å². The Hall–Kier alpha value is -1.69. The third kappa shape index (κ3) is 5.16. The van der Waals surface area contributed by atoms with Crippen LogP contribution in [0.25, 0.3) is 0 Å². The number of nitrogens with one attached hydrogen (secondary N) is 1. The van der Waals surface area contributed by atoms with Crippen molar-refractivity contribution < 1.29 is 13.5 Å². The third-order valence-corrected chi connectivity index (χ3v) is 5.29. The van der Waals surface area contributed by atoms with E-state index in [-0.39, 0.29) is 17.4 Å². The molecule has 0 unspecified atom stereocenters. The lowest BCUT2D eigenvalue weighted by Gasteiger charge is -2.16. The SMILES string of the molecule is Cc1cccc(S(=O)(=O)NCC[C@H](CCO)c2ccccc2)c1. The zero-order valence-corrected chi connectivity index (χ0v) is 14.1. The molecule has 1 atom stereocenters. The molecular formula is C18H23NO3S. The fourth-order valence-corrected chi connectivity index (χ4v) is 3.74. The van der Waals surface area contributed by atoms with Gasteiger partial charge in [-0.25, -0.2) is 13.1 Å². The van der Waals surface area contributed by atoms with Crippen molar-refractivity contribution in [3.8, 4) is 0 Å². The van der Waals surface area contributed by atoms with Gasteiger partial charge in [0.2, 0.25) is 10.0 Å². The summed E-state index contributed by atoms with van der Waals surface area (Å²) in [6, 6.07) is 16.7. The number of aliphatic hydroxyl groups excluding tert-OH is 1. The van der Waals surface area contributed by atoms with Crippen LogP contribution in [0.3, 0.4) is 0 Å². The predicted molar refractivity (Wildman–Crippen MR) is 91.9 cm³/mol. The van der Waals surface area contributed by atoms with Crippen molar-refractivity contribution >= 4 is 10.0 Å². The third-order valence-electron chi connectivity index (χ3n) is 3.83. The summed E-state index contributed by atoms with van der Waals surface area (Å²) in [5.74, 6) is 0.140. The molecule has 5 heteroatoms. The monoisotopic (exact) mass is 333 g/mol. The van der Waals surface area contributed by atoms with Gasteiger partial charge in [0, 0.05) is 13.2 Å². The summed E-state index contributed by atoms with van der Waals surface area (Å²) in [5, 5.41) is 9.23. The van der Waals surface area contributed by atoms with E-state index in [0.29, 0.717) is 19.4 Å². The molecule has 0 aliphatic heterocycles. The van der Waals surface area contributed by atoms with Crippen LogP contribution in [0.2, 0.25) is 0 Å². The Balaban J connectivity index is 1.99. The maximum Gasteiger partial charge on any atom is 0.240 e. The smallest absolute Gasteiger partial charge is 0.240 e. The number of hydrogen-bond acceptors (Lipinski definition) is 3. The van der Waals surface area contributed by atoms with Gasteiger partial charge in [-0.1, -0.05) is 42.5 Å². The molecular weight excluding hydrogens is 310 g/mol. The van der Waals surface area contributed by atoms with E-state index in [0.717, 1.165) is 11.1 Å². The van der Waals surface area contributed by atoms with Crippen molar-refractivity contribution in [1.82, 2.24) is 4.72 Å². The standard InChI is InChI=1S/C18H23NO3S/c1-15-6-5-9-18(14-15)23(21,22)19-12-10-17(11-13-20)16-7-3-2-4-8-16/h2-9,14,17,19-20H,10-13H2,1H3/t17-/m1/s1. The molecule has 0 aromatic heterocycles. The van der Waals surface area contributed by atoms with Gasteiger partial charge in [0.05, 0.1) is 4.90 Å². The molecule has 2 rings (SSSR count). The molecule has 0 heterocycles. The average molecular weight is 333 g/mol. The number of aliphatic hydroxyl groups is 1. The first kappa shape index (κ1) is 17.7. The predicted octanol–water partition coefficient (Wildman–Crippen LogP) is 2.83. The quantitative estimate of drug-likeness (QED) is 0.781. The summed E-state index contributed by atoms with van der Waals surface area (Å²) in [6.07, 6.45) is 1.27. The van der Waals surface area contributed by atoms with E-state index in [2.05, 4.69) is 4.72 Å². The first-order chi connectivity index (χ1) is 11.0. The van der Waals surface area contributed by atoms with Gasteiger partial charge in [-0.3, -0.25) is 0 Å². The molecule has 0 saturated heterocycles. The van der Waals surface area contributed by atoms with Crippen molar-refractivity contribution in [3.05, 3.63) is 65.7 Å². The normalized spacial score (nSPS) is 13.0. The Morgan fingerprint density at radius 1 is 1.04 bits per heavy atom. The van der Waals surface area contributed by atoms with Gasteiger partial charge < -0.3 is 5.11 Å². The van der Waals surface area contributed by atoms with Crippen LogP contribution in [0.1, 0.15) is 29.9 Å². The Kier molecular flexibility index (Phi) is 6.33. The van der Waals surface area contributed by atoms with Gasteiger partial charge in [-0.05, 0) is 48.9 Å². The van der Waals surface area contributed by atoms with Gasteiger partial charge in [-0.2, -0.15) is 0 Å². The van der Waals surface area contributed by atoms with E-state index >= 15 is 0 Å². The molecule has 0 fully saturated rings. The maximum absolute atomic E-state index is 12.3. The Bertz CT molecular complexity index is 714. The first-order valence-corrected chi connectivity index (χ1v) is 9.23. The Labute approximate surface area is 138 Å². The zero-order valence-electron chi connectivity index (χ0n) is 13.3. The number of aryl methyl sites for hydroxylation is 1. The number of sulfonamides is 1. The fraction of sp³-hybridized carbons (Fsp3) is 0.333. The molecule has 0 saturated carbocycles. The van der Waals surface area contributed by atoms with Gasteiger partial charge in [-0.15, -0.1) is 0 Å². The van der Waals surface area contributed by atoms with Crippen LogP contribution in [-0.4, -0.2) is 26.7 Å². The number of rotatable bonds is 8.